The highest BCUT2D eigenvalue weighted by Crippen LogP contribution is 2.27. The van der Waals surface area contributed by atoms with E-state index in [1.54, 1.807) is 42.5 Å². The van der Waals surface area contributed by atoms with Crippen LogP contribution in [-0.4, -0.2) is 25.5 Å². The largest absolute Gasteiger partial charge is 0.495 e. The first-order chi connectivity index (χ1) is 12.5. The topological polar surface area (TPSA) is 79.5 Å². The molecule has 0 aliphatic heterocycles. The number of ether oxygens (including phenoxy) is 1. The van der Waals surface area contributed by atoms with Crippen molar-refractivity contribution in [1.29, 1.82) is 0 Å². The van der Waals surface area contributed by atoms with Gasteiger partial charge in [0.15, 0.2) is 0 Å². The predicted octanol–water partition coefficient (Wildman–Crippen LogP) is 4.14. The molecule has 2 rings (SSSR count). The summed E-state index contributed by atoms with van der Waals surface area (Å²) in [7, 11) is 1.53. The van der Waals surface area contributed by atoms with Crippen molar-refractivity contribution >= 4 is 40.5 Å². The van der Waals surface area contributed by atoms with Gasteiger partial charge in [0.1, 0.15) is 5.75 Å². The Labute approximate surface area is 157 Å². The first kappa shape index (κ1) is 19.6. The molecule has 0 aromatic heterocycles. The number of anilines is 3. The summed E-state index contributed by atoms with van der Waals surface area (Å²) in [6.07, 6.45) is 1.30. The van der Waals surface area contributed by atoms with Gasteiger partial charge in [0.2, 0.25) is 11.8 Å². The third kappa shape index (κ3) is 5.97. The van der Waals surface area contributed by atoms with Gasteiger partial charge in [0.05, 0.1) is 18.7 Å². The summed E-state index contributed by atoms with van der Waals surface area (Å²) in [6.45, 7) is 2.06. The quantitative estimate of drug-likeness (QED) is 0.648. The minimum absolute atomic E-state index is 0.00857. The normalized spacial score (nSPS) is 10.1. The molecule has 2 aromatic rings. The van der Waals surface area contributed by atoms with Crippen LogP contribution in [0.4, 0.5) is 17.1 Å². The Kier molecular flexibility index (Phi) is 7.29. The van der Waals surface area contributed by atoms with Crippen molar-refractivity contribution in [3.8, 4) is 5.75 Å². The lowest BCUT2D eigenvalue weighted by atomic mass is 10.2. The molecule has 26 heavy (non-hydrogen) atoms. The predicted molar refractivity (Wildman–Crippen MR) is 105 cm³/mol. The zero-order valence-corrected chi connectivity index (χ0v) is 15.5. The SMILES string of the molecule is CCCC(=O)Nc1ccc(NCC(=O)Nc2ccc(OC)c(Cl)c2)cc1. The first-order valence-electron chi connectivity index (χ1n) is 8.29. The maximum absolute atomic E-state index is 12.0. The molecule has 0 aliphatic rings. The Bertz CT molecular complexity index is 763. The van der Waals surface area contributed by atoms with E-state index in [0.717, 1.165) is 17.8 Å². The molecule has 138 valence electrons. The lowest BCUT2D eigenvalue weighted by Crippen LogP contribution is -2.21. The second-order valence-corrected chi connectivity index (χ2v) is 6.03. The average Bonchev–Trinajstić information content (AvgIpc) is 2.61. The lowest BCUT2D eigenvalue weighted by Gasteiger charge is -2.10. The van der Waals surface area contributed by atoms with Crippen LogP contribution in [0.15, 0.2) is 42.5 Å². The van der Waals surface area contributed by atoms with E-state index in [1.807, 2.05) is 6.92 Å². The van der Waals surface area contributed by atoms with Crippen molar-refractivity contribution in [3.05, 3.63) is 47.5 Å². The van der Waals surface area contributed by atoms with Crippen LogP contribution in [-0.2, 0) is 9.59 Å². The molecule has 0 heterocycles. The number of nitrogens with one attached hydrogen (secondary N) is 3. The fourth-order valence-corrected chi connectivity index (χ4v) is 2.51. The third-order valence-corrected chi connectivity index (χ3v) is 3.83. The molecule has 2 amide bonds. The maximum atomic E-state index is 12.0. The highest BCUT2D eigenvalue weighted by molar-refractivity contribution is 6.32. The molecule has 0 aliphatic carbocycles. The average molecular weight is 376 g/mol. The van der Waals surface area contributed by atoms with Gasteiger partial charge in [-0.15, -0.1) is 0 Å². The van der Waals surface area contributed by atoms with E-state index in [4.69, 9.17) is 16.3 Å². The molecule has 3 N–H and O–H groups in total. The molecule has 0 spiro atoms. The van der Waals surface area contributed by atoms with Gasteiger partial charge in [-0.05, 0) is 48.9 Å². The van der Waals surface area contributed by atoms with Crippen LogP contribution in [0.1, 0.15) is 19.8 Å². The fraction of sp³-hybridized carbons (Fsp3) is 0.263. The van der Waals surface area contributed by atoms with E-state index in [9.17, 15) is 9.59 Å². The van der Waals surface area contributed by atoms with Crippen molar-refractivity contribution in [2.75, 3.05) is 29.6 Å². The number of methoxy groups -OCH3 is 1. The van der Waals surface area contributed by atoms with E-state index in [2.05, 4.69) is 16.0 Å². The summed E-state index contributed by atoms with van der Waals surface area (Å²) in [5, 5.41) is 9.03. The van der Waals surface area contributed by atoms with Crippen LogP contribution in [0.3, 0.4) is 0 Å². The number of halogens is 1. The third-order valence-electron chi connectivity index (χ3n) is 3.53. The number of amides is 2. The molecule has 0 saturated heterocycles. The van der Waals surface area contributed by atoms with E-state index < -0.39 is 0 Å². The van der Waals surface area contributed by atoms with Crippen LogP contribution in [0.25, 0.3) is 0 Å². The molecule has 2 aromatic carbocycles. The van der Waals surface area contributed by atoms with Crippen molar-refractivity contribution in [2.45, 2.75) is 19.8 Å². The van der Waals surface area contributed by atoms with Crippen LogP contribution < -0.4 is 20.7 Å². The van der Waals surface area contributed by atoms with Gasteiger partial charge in [-0.2, -0.15) is 0 Å². The lowest BCUT2D eigenvalue weighted by molar-refractivity contribution is -0.116. The summed E-state index contributed by atoms with van der Waals surface area (Å²) in [5.41, 5.74) is 2.10. The zero-order valence-electron chi connectivity index (χ0n) is 14.8. The summed E-state index contributed by atoms with van der Waals surface area (Å²) in [4.78, 5) is 23.6. The number of hydrogen-bond acceptors (Lipinski definition) is 4. The van der Waals surface area contributed by atoms with Crippen molar-refractivity contribution in [3.63, 3.8) is 0 Å². The Morgan fingerprint density at radius 3 is 2.19 bits per heavy atom. The van der Waals surface area contributed by atoms with Gasteiger partial charge in [-0.3, -0.25) is 9.59 Å². The molecular formula is C19H22ClN3O3. The number of carbonyl (C=O) groups is 2. The van der Waals surface area contributed by atoms with E-state index in [1.165, 1.54) is 7.11 Å². The summed E-state index contributed by atoms with van der Waals surface area (Å²) >= 11 is 6.03. The smallest absolute Gasteiger partial charge is 0.243 e. The number of benzene rings is 2. The van der Waals surface area contributed by atoms with Crippen molar-refractivity contribution in [1.82, 2.24) is 0 Å². The number of hydrogen-bond donors (Lipinski definition) is 3. The molecule has 7 heteroatoms. The highest BCUT2D eigenvalue weighted by Gasteiger charge is 2.06. The van der Waals surface area contributed by atoms with Gasteiger partial charge < -0.3 is 20.7 Å². The van der Waals surface area contributed by atoms with Gasteiger partial charge >= 0.3 is 0 Å². The monoisotopic (exact) mass is 375 g/mol. The van der Waals surface area contributed by atoms with Gasteiger partial charge in [0.25, 0.3) is 0 Å². The Morgan fingerprint density at radius 2 is 1.58 bits per heavy atom. The minimum atomic E-state index is -0.202. The summed E-state index contributed by atoms with van der Waals surface area (Å²) in [5.74, 6) is 0.339. The Hall–Kier alpha value is -2.73. The molecule has 0 fully saturated rings. The van der Waals surface area contributed by atoms with Crippen molar-refractivity contribution < 1.29 is 14.3 Å². The molecule has 0 atom stereocenters. The Morgan fingerprint density at radius 1 is 0.962 bits per heavy atom. The van der Waals surface area contributed by atoms with E-state index in [0.29, 0.717) is 22.9 Å². The zero-order chi connectivity index (χ0) is 18.9. The summed E-state index contributed by atoms with van der Waals surface area (Å²) < 4.78 is 5.07. The fourth-order valence-electron chi connectivity index (χ4n) is 2.25. The molecular weight excluding hydrogens is 354 g/mol. The van der Waals surface area contributed by atoms with Crippen LogP contribution in [0, 0.1) is 0 Å². The van der Waals surface area contributed by atoms with Crippen LogP contribution in [0.2, 0.25) is 5.02 Å². The Balaban J connectivity index is 1.83. The van der Waals surface area contributed by atoms with Gasteiger partial charge in [0, 0.05) is 23.5 Å². The maximum Gasteiger partial charge on any atom is 0.243 e. The minimum Gasteiger partial charge on any atom is -0.495 e. The summed E-state index contributed by atoms with van der Waals surface area (Å²) in [6, 6.07) is 12.2. The number of carbonyl (C=O) groups excluding carboxylic acids is 2. The van der Waals surface area contributed by atoms with Gasteiger partial charge in [-0.1, -0.05) is 18.5 Å². The molecule has 0 bridgehead atoms. The molecule has 0 unspecified atom stereocenters. The van der Waals surface area contributed by atoms with E-state index >= 15 is 0 Å². The first-order valence-corrected chi connectivity index (χ1v) is 8.66. The molecule has 0 saturated carbocycles. The van der Waals surface area contributed by atoms with Crippen LogP contribution >= 0.6 is 11.6 Å². The molecule has 6 nitrogen and oxygen atoms in total. The molecule has 0 radical (unpaired) electrons. The second kappa shape index (κ2) is 9.68. The van der Waals surface area contributed by atoms with Crippen LogP contribution in [0.5, 0.6) is 5.75 Å². The number of rotatable bonds is 8. The van der Waals surface area contributed by atoms with Gasteiger partial charge in [-0.25, -0.2) is 0 Å². The standard InChI is InChI=1S/C19H22ClN3O3/c1-3-4-18(24)22-14-7-5-13(6-8-14)21-12-19(25)23-15-9-10-17(26-2)16(20)11-15/h5-11,21H,3-4,12H2,1-2H3,(H,22,24)(H,23,25). The highest BCUT2D eigenvalue weighted by atomic mass is 35.5. The van der Waals surface area contributed by atoms with Crippen molar-refractivity contribution in [2.24, 2.45) is 0 Å². The second-order valence-electron chi connectivity index (χ2n) is 5.63. The van der Waals surface area contributed by atoms with E-state index in [-0.39, 0.29) is 18.4 Å².